The molecule has 2 aromatic carbocycles. The smallest absolute Gasteiger partial charge is 0.235 e. The quantitative estimate of drug-likeness (QED) is 0.553. The van der Waals surface area contributed by atoms with Gasteiger partial charge in [0.05, 0.1) is 15.1 Å². The third-order valence-electron chi connectivity index (χ3n) is 5.91. The van der Waals surface area contributed by atoms with E-state index in [0.29, 0.717) is 13.1 Å². The van der Waals surface area contributed by atoms with Crippen molar-refractivity contribution in [2.24, 2.45) is 0 Å². The van der Waals surface area contributed by atoms with Gasteiger partial charge in [-0.05, 0) is 50.1 Å². The highest BCUT2D eigenvalue weighted by atomic mass is 32.2. The molecule has 9 heteroatoms. The number of benzene rings is 2. The molecule has 1 aromatic heterocycles. The van der Waals surface area contributed by atoms with Crippen molar-refractivity contribution in [3.63, 3.8) is 0 Å². The van der Waals surface area contributed by atoms with Crippen molar-refractivity contribution < 1.29 is 13.2 Å². The van der Waals surface area contributed by atoms with Gasteiger partial charge in [0.2, 0.25) is 5.91 Å². The molecule has 1 N–H and O–H groups in total. The molecule has 1 aliphatic rings. The minimum atomic E-state index is -3.62. The molecule has 0 radical (unpaired) electrons. The molecule has 0 spiro atoms. The van der Waals surface area contributed by atoms with Gasteiger partial charge in [-0.15, -0.1) is 0 Å². The zero-order valence-electron chi connectivity index (χ0n) is 19.3. The molecule has 0 saturated carbocycles. The molecule has 3 aromatic rings. The average molecular weight is 487 g/mol. The highest BCUT2D eigenvalue weighted by Crippen LogP contribution is 2.32. The van der Waals surface area contributed by atoms with E-state index in [2.05, 4.69) is 41.1 Å². The first-order valence-electron chi connectivity index (χ1n) is 11.1. The third kappa shape index (κ3) is 5.72. The van der Waals surface area contributed by atoms with Crippen molar-refractivity contribution in [2.75, 3.05) is 49.9 Å². The van der Waals surface area contributed by atoms with Crippen LogP contribution in [-0.4, -0.2) is 69.2 Å². The maximum Gasteiger partial charge on any atom is 0.235 e. The molecule has 0 bridgehead atoms. The summed E-state index contributed by atoms with van der Waals surface area (Å²) in [6, 6.07) is 10.9. The van der Waals surface area contributed by atoms with Crippen LogP contribution in [0.4, 0.5) is 5.13 Å². The lowest BCUT2D eigenvalue weighted by Crippen LogP contribution is -2.48. The number of amides is 1. The predicted molar refractivity (Wildman–Crippen MR) is 134 cm³/mol. The predicted octanol–water partition coefficient (Wildman–Crippen LogP) is 2.93. The Morgan fingerprint density at radius 3 is 2.42 bits per heavy atom. The van der Waals surface area contributed by atoms with Gasteiger partial charge in [0.15, 0.2) is 15.0 Å². The molecule has 1 fully saturated rings. The number of rotatable bonds is 7. The molecular formula is C24H30N4O3S2. The molecule has 176 valence electrons. The Bertz CT molecular complexity index is 1240. The minimum Gasteiger partial charge on any atom is -0.354 e. The van der Waals surface area contributed by atoms with E-state index >= 15 is 0 Å². The lowest BCUT2D eigenvalue weighted by molar-refractivity contribution is -0.118. The van der Waals surface area contributed by atoms with Gasteiger partial charge in [-0.3, -0.25) is 9.69 Å². The maximum atomic E-state index is 12.4. The van der Waals surface area contributed by atoms with Crippen LogP contribution in [0.5, 0.6) is 0 Å². The normalized spacial score (nSPS) is 15.2. The van der Waals surface area contributed by atoms with Gasteiger partial charge in [-0.1, -0.05) is 35.1 Å². The van der Waals surface area contributed by atoms with E-state index in [1.807, 2.05) is 6.92 Å². The van der Waals surface area contributed by atoms with E-state index in [9.17, 15) is 13.2 Å². The lowest BCUT2D eigenvalue weighted by Gasteiger charge is -2.34. The minimum absolute atomic E-state index is 0.180. The number of carbonyl (C=O) groups is 1. The molecule has 0 unspecified atom stereocenters. The Balaban J connectivity index is 1.23. The Labute approximate surface area is 199 Å². The number of hydrogen-bond acceptors (Lipinski definition) is 7. The van der Waals surface area contributed by atoms with Crippen LogP contribution in [0.15, 0.2) is 41.3 Å². The molecular weight excluding hydrogens is 456 g/mol. The number of carbonyl (C=O) groups excluding carboxylic acids is 1. The summed E-state index contributed by atoms with van der Waals surface area (Å²) < 4.78 is 26.1. The Kier molecular flexibility index (Phi) is 7.02. The molecule has 33 heavy (non-hydrogen) atoms. The summed E-state index contributed by atoms with van der Waals surface area (Å²) in [5.74, 6) is -0.991. The standard InChI is InChI=1S/C24H30N4O3S2/c1-17-4-6-20(7-5-17)33(30,31)16-22(29)25-8-9-27-10-12-28(13-11-27)24-26-23-19(3)14-18(2)15-21(23)32-24/h4-7,14-15H,8-13,16H2,1-3H3,(H,25,29). The number of nitrogens with zero attached hydrogens (tertiary/aromatic N) is 3. The van der Waals surface area contributed by atoms with Gasteiger partial charge < -0.3 is 10.2 Å². The average Bonchev–Trinajstić information content (AvgIpc) is 3.18. The Morgan fingerprint density at radius 1 is 1.03 bits per heavy atom. The maximum absolute atomic E-state index is 12.4. The summed E-state index contributed by atoms with van der Waals surface area (Å²) in [5, 5.41) is 3.82. The Hall–Kier alpha value is -2.49. The fourth-order valence-electron chi connectivity index (χ4n) is 4.06. The molecule has 1 saturated heterocycles. The van der Waals surface area contributed by atoms with Crippen molar-refractivity contribution >= 4 is 42.4 Å². The van der Waals surface area contributed by atoms with Gasteiger partial charge >= 0.3 is 0 Å². The number of piperazine rings is 1. The van der Waals surface area contributed by atoms with Gasteiger partial charge in [-0.2, -0.15) is 0 Å². The largest absolute Gasteiger partial charge is 0.354 e. The first-order valence-corrected chi connectivity index (χ1v) is 13.6. The number of aromatic nitrogens is 1. The SMILES string of the molecule is Cc1ccc(S(=O)(=O)CC(=O)NCCN2CCN(c3nc4c(C)cc(C)cc4s3)CC2)cc1. The molecule has 0 atom stereocenters. The van der Waals surface area contributed by atoms with Crippen molar-refractivity contribution in [2.45, 2.75) is 25.7 Å². The van der Waals surface area contributed by atoms with E-state index in [1.54, 1.807) is 35.6 Å². The second-order valence-electron chi connectivity index (χ2n) is 8.68. The van der Waals surface area contributed by atoms with Crippen LogP contribution in [0.3, 0.4) is 0 Å². The van der Waals surface area contributed by atoms with Crippen molar-refractivity contribution in [3.05, 3.63) is 53.1 Å². The highest BCUT2D eigenvalue weighted by molar-refractivity contribution is 7.92. The van der Waals surface area contributed by atoms with Gasteiger partial charge in [0, 0.05) is 39.3 Å². The number of hydrogen-bond donors (Lipinski definition) is 1. The van der Waals surface area contributed by atoms with E-state index in [0.717, 1.165) is 42.4 Å². The van der Waals surface area contributed by atoms with Gasteiger partial charge in [0.1, 0.15) is 5.75 Å². The molecule has 1 amide bonds. The summed E-state index contributed by atoms with van der Waals surface area (Å²) in [6.45, 7) is 10.8. The van der Waals surface area contributed by atoms with Crippen LogP contribution in [0.2, 0.25) is 0 Å². The molecule has 4 rings (SSSR count). The van der Waals surface area contributed by atoms with Gasteiger partial charge in [0.25, 0.3) is 0 Å². The third-order valence-corrected chi connectivity index (χ3v) is 8.61. The topological polar surface area (TPSA) is 82.6 Å². The molecule has 0 aliphatic carbocycles. The first-order chi connectivity index (χ1) is 15.7. The second-order valence-corrected chi connectivity index (χ2v) is 11.7. The van der Waals surface area contributed by atoms with Crippen LogP contribution >= 0.6 is 11.3 Å². The van der Waals surface area contributed by atoms with Gasteiger partial charge in [-0.25, -0.2) is 13.4 Å². The highest BCUT2D eigenvalue weighted by Gasteiger charge is 2.22. The summed E-state index contributed by atoms with van der Waals surface area (Å²) in [4.78, 5) is 21.8. The van der Waals surface area contributed by atoms with Crippen LogP contribution in [-0.2, 0) is 14.6 Å². The fourth-order valence-corrected chi connectivity index (χ4v) is 6.42. The van der Waals surface area contributed by atoms with Crippen LogP contribution in [0.25, 0.3) is 10.2 Å². The van der Waals surface area contributed by atoms with Crippen molar-refractivity contribution in [1.82, 2.24) is 15.2 Å². The van der Waals surface area contributed by atoms with E-state index < -0.39 is 21.5 Å². The number of aryl methyl sites for hydroxylation is 3. The van der Waals surface area contributed by atoms with Crippen LogP contribution < -0.4 is 10.2 Å². The number of anilines is 1. The Morgan fingerprint density at radius 2 is 1.73 bits per heavy atom. The number of thiazole rings is 1. The number of nitrogens with one attached hydrogen (secondary N) is 1. The molecule has 2 heterocycles. The second kappa shape index (κ2) is 9.79. The van der Waals surface area contributed by atoms with Crippen LogP contribution in [0, 0.1) is 20.8 Å². The summed E-state index contributed by atoms with van der Waals surface area (Å²) in [5.41, 5.74) is 4.54. The van der Waals surface area contributed by atoms with Crippen molar-refractivity contribution in [1.29, 1.82) is 0 Å². The molecule has 7 nitrogen and oxygen atoms in total. The zero-order valence-corrected chi connectivity index (χ0v) is 20.9. The fraction of sp³-hybridized carbons (Fsp3) is 0.417. The first kappa shape index (κ1) is 23.7. The van der Waals surface area contributed by atoms with Crippen LogP contribution in [0.1, 0.15) is 16.7 Å². The summed E-state index contributed by atoms with van der Waals surface area (Å²) in [6.07, 6.45) is 0. The zero-order chi connectivity index (χ0) is 23.6. The van der Waals surface area contributed by atoms with Crippen molar-refractivity contribution in [3.8, 4) is 0 Å². The molecule has 1 aliphatic heterocycles. The summed E-state index contributed by atoms with van der Waals surface area (Å²) >= 11 is 1.74. The number of fused-ring (bicyclic) bond motifs is 1. The number of sulfone groups is 1. The van der Waals surface area contributed by atoms with E-state index in [4.69, 9.17) is 4.98 Å². The summed E-state index contributed by atoms with van der Waals surface area (Å²) in [7, 11) is -3.62. The monoisotopic (exact) mass is 486 g/mol. The lowest BCUT2D eigenvalue weighted by atomic mass is 10.1. The van der Waals surface area contributed by atoms with E-state index in [-0.39, 0.29) is 4.90 Å². The van der Waals surface area contributed by atoms with E-state index in [1.165, 1.54) is 15.8 Å².